The molecule has 0 saturated carbocycles. The van der Waals surface area contributed by atoms with E-state index in [1.807, 2.05) is 61.6 Å². The number of methoxy groups -OCH3 is 1. The molecule has 0 radical (unpaired) electrons. The first-order chi connectivity index (χ1) is 14.4. The minimum Gasteiger partial charge on any atom is -0.497 e. The van der Waals surface area contributed by atoms with Crippen molar-refractivity contribution in [1.29, 1.82) is 0 Å². The van der Waals surface area contributed by atoms with E-state index in [2.05, 4.69) is 15.5 Å². The van der Waals surface area contributed by atoms with Gasteiger partial charge in [-0.25, -0.2) is 0 Å². The Labute approximate surface area is 183 Å². The van der Waals surface area contributed by atoms with Gasteiger partial charge in [-0.3, -0.25) is 9.20 Å². The van der Waals surface area contributed by atoms with Crippen LogP contribution >= 0.6 is 23.4 Å². The van der Waals surface area contributed by atoms with Gasteiger partial charge in [0, 0.05) is 11.5 Å². The van der Waals surface area contributed by atoms with E-state index in [1.165, 1.54) is 11.8 Å². The Kier molecular flexibility index (Phi) is 5.58. The third-order valence-electron chi connectivity index (χ3n) is 4.90. The van der Waals surface area contributed by atoms with Gasteiger partial charge < -0.3 is 10.1 Å². The molecule has 0 aliphatic rings. The van der Waals surface area contributed by atoms with Gasteiger partial charge in [0.2, 0.25) is 5.91 Å². The number of aromatic nitrogens is 3. The summed E-state index contributed by atoms with van der Waals surface area (Å²) < 4.78 is 7.34. The zero-order chi connectivity index (χ0) is 21.4. The minimum absolute atomic E-state index is 0.153. The van der Waals surface area contributed by atoms with Crippen molar-refractivity contribution < 1.29 is 9.53 Å². The molecule has 0 aliphatic heterocycles. The average Bonchev–Trinajstić information content (AvgIpc) is 3.11. The summed E-state index contributed by atoms with van der Waals surface area (Å²) in [5.41, 5.74) is 5.40. The SMILES string of the molecule is COc1ccc2c(C)cc3nnc(SCC(=O)Nc4c(C)cc(C)cc4Cl)n3c2c1. The predicted molar refractivity (Wildman–Crippen MR) is 122 cm³/mol. The first kappa shape index (κ1) is 20.5. The number of hydrogen-bond donors (Lipinski definition) is 1. The Morgan fingerprint density at radius 1 is 1.13 bits per heavy atom. The molecule has 8 heteroatoms. The van der Waals surface area contributed by atoms with E-state index < -0.39 is 0 Å². The number of benzene rings is 2. The molecule has 0 bridgehead atoms. The van der Waals surface area contributed by atoms with Crippen molar-refractivity contribution in [3.63, 3.8) is 0 Å². The number of halogens is 1. The fourth-order valence-corrected chi connectivity index (χ4v) is 4.62. The fraction of sp³-hybridized carbons (Fsp3) is 0.227. The molecule has 0 aliphatic carbocycles. The summed E-state index contributed by atoms with van der Waals surface area (Å²) >= 11 is 7.63. The minimum atomic E-state index is -0.153. The summed E-state index contributed by atoms with van der Waals surface area (Å²) in [6.45, 7) is 5.94. The van der Waals surface area contributed by atoms with Crippen molar-refractivity contribution in [3.05, 3.63) is 58.1 Å². The van der Waals surface area contributed by atoms with Gasteiger partial charge in [0.25, 0.3) is 0 Å². The highest BCUT2D eigenvalue weighted by molar-refractivity contribution is 7.99. The van der Waals surface area contributed by atoms with Gasteiger partial charge in [-0.1, -0.05) is 29.4 Å². The van der Waals surface area contributed by atoms with Crippen LogP contribution in [0.2, 0.25) is 5.02 Å². The van der Waals surface area contributed by atoms with E-state index in [4.69, 9.17) is 16.3 Å². The molecule has 6 nitrogen and oxygen atoms in total. The van der Waals surface area contributed by atoms with Crippen LogP contribution < -0.4 is 10.1 Å². The maximum Gasteiger partial charge on any atom is 0.234 e. The van der Waals surface area contributed by atoms with Crippen molar-refractivity contribution in [1.82, 2.24) is 14.6 Å². The van der Waals surface area contributed by atoms with Crippen LogP contribution in [-0.4, -0.2) is 33.4 Å². The molecule has 2 aromatic carbocycles. The first-order valence-electron chi connectivity index (χ1n) is 9.39. The number of fused-ring (bicyclic) bond motifs is 3. The third kappa shape index (κ3) is 3.82. The van der Waals surface area contributed by atoms with Crippen molar-refractivity contribution in [2.45, 2.75) is 25.9 Å². The number of amides is 1. The molecule has 2 heterocycles. The number of pyridine rings is 1. The number of nitrogens with zero attached hydrogens (tertiary/aromatic N) is 3. The molecule has 0 unspecified atom stereocenters. The molecule has 4 aromatic rings. The largest absolute Gasteiger partial charge is 0.497 e. The molecular weight excluding hydrogens is 420 g/mol. The van der Waals surface area contributed by atoms with Gasteiger partial charge in [-0.05, 0) is 61.7 Å². The molecule has 1 amide bonds. The van der Waals surface area contributed by atoms with Crippen LogP contribution in [0, 0.1) is 20.8 Å². The fourth-order valence-electron chi connectivity index (χ4n) is 3.50. The number of thioether (sulfide) groups is 1. The standard InChI is InChI=1S/C22H21ClN4O2S/c1-12-7-14(3)21(17(23)8-12)24-20(28)11-30-22-26-25-19-9-13(2)16-6-5-15(29-4)10-18(16)27(19)22/h5-10H,11H2,1-4H3,(H,24,28). The lowest BCUT2D eigenvalue weighted by molar-refractivity contribution is -0.113. The lowest BCUT2D eigenvalue weighted by Crippen LogP contribution is -2.15. The van der Waals surface area contributed by atoms with Crippen molar-refractivity contribution in [2.24, 2.45) is 0 Å². The number of rotatable bonds is 5. The second-order valence-electron chi connectivity index (χ2n) is 7.16. The normalized spacial score (nSPS) is 11.2. The van der Waals surface area contributed by atoms with Crippen molar-refractivity contribution in [3.8, 4) is 5.75 Å². The molecule has 0 atom stereocenters. The van der Waals surface area contributed by atoms with Crippen LogP contribution in [0.5, 0.6) is 5.75 Å². The lowest BCUT2D eigenvalue weighted by atomic mass is 10.1. The Morgan fingerprint density at radius 2 is 1.93 bits per heavy atom. The maximum atomic E-state index is 12.6. The van der Waals surface area contributed by atoms with Crippen molar-refractivity contribution >= 4 is 51.5 Å². The monoisotopic (exact) mass is 440 g/mol. The van der Waals surface area contributed by atoms with Crippen LogP contribution in [0.3, 0.4) is 0 Å². The smallest absolute Gasteiger partial charge is 0.234 e. The Morgan fingerprint density at radius 3 is 2.67 bits per heavy atom. The highest BCUT2D eigenvalue weighted by Crippen LogP contribution is 2.30. The van der Waals surface area contributed by atoms with Gasteiger partial charge >= 0.3 is 0 Å². The number of nitrogens with one attached hydrogen (secondary N) is 1. The van der Waals surface area contributed by atoms with Crippen LogP contribution in [0.1, 0.15) is 16.7 Å². The molecule has 0 fully saturated rings. The summed E-state index contributed by atoms with van der Waals surface area (Å²) in [5.74, 6) is 0.782. The number of aryl methyl sites for hydroxylation is 3. The van der Waals surface area contributed by atoms with E-state index >= 15 is 0 Å². The van der Waals surface area contributed by atoms with E-state index in [0.717, 1.165) is 39.0 Å². The van der Waals surface area contributed by atoms with E-state index in [-0.39, 0.29) is 11.7 Å². The summed E-state index contributed by atoms with van der Waals surface area (Å²) in [6, 6.07) is 11.7. The summed E-state index contributed by atoms with van der Waals surface area (Å²) in [7, 11) is 1.64. The highest BCUT2D eigenvalue weighted by atomic mass is 35.5. The maximum absolute atomic E-state index is 12.6. The Hall–Kier alpha value is -2.77. The summed E-state index contributed by atoms with van der Waals surface area (Å²) in [6.07, 6.45) is 0. The molecule has 154 valence electrons. The lowest BCUT2D eigenvalue weighted by Gasteiger charge is -2.12. The van der Waals surface area contributed by atoms with E-state index in [1.54, 1.807) is 7.11 Å². The number of hydrogen-bond acceptors (Lipinski definition) is 5. The van der Waals surface area contributed by atoms with Crippen LogP contribution in [0.15, 0.2) is 41.6 Å². The van der Waals surface area contributed by atoms with Crippen LogP contribution in [-0.2, 0) is 4.79 Å². The predicted octanol–water partition coefficient (Wildman–Crippen LogP) is 5.20. The molecule has 30 heavy (non-hydrogen) atoms. The molecule has 4 rings (SSSR count). The number of anilines is 1. The molecule has 1 N–H and O–H groups in total. The van der Waals surface area contributed by atoms with Gasteiger partial charge in [0.15, 0.2) is 10.8 Å². The van der Waals surface area contributed by atoms with Gasteiger partial charge in [-0.2, -0.15) is 0 Å². The zero-order valence-electron chi connectivity index (χ0n) is 17.1. The molecule has 0 spiro atoms. The van der Waals surface area contributed by atoms with Gasteiger partial charge in [-0.15, -0.1) is 10.2 Å². The number of ether oxygens (including phenoxy) is 1. The quantitative estimate of drug-likeness (QED) is 0.432. The van der Waals surface area contributed by atoms with Crippen molar-refractivity contribution in [2.75, 3.05) is 18.2 Å². The van der Waals surface area contributed by atoms with Crippen LogP contribution in [0.4, 0.5) is 5.69 Å². The second-order valence-corrected chi connectivity index (χ2v) is 8.51. The summed E-state index contributed by atoms with van der Waals surface area (Å²) in [5, 5.41) is 13.8. The highest BCUT2D eigenvalue weighted by Gasteiger charge is 2.15. The molecule has 2 aromatic heterocycles. The third-order valence-corrected chi connectivity index (χ3v) is 6.13. The van der Waals surface area contributed by atoms with Gasteiger partial charge in [0.05, 0.1) is 29.1 Å². The molecule has 0 saturated heterocycles. The number of carbonyl (C=O) groups excluding carboxylic acids is 1. The van der Waals surface area contributed by atoms with Gasteiger partial charge in [0.1, 0.15) is 5.75 Å². The van der Waals surface area contributed by atoms with E-state index in [9.17, 15) is 4.79 Å². The van der Waals surface area contributed by atoms with E-state index in [0.29, 0.717) is 15.9 Å². The zero-order valence-corrected chi connectivity index (χ0v) is 18.7. The average molecular weight is 441 g/mol. The number of carbonyl (C=O) groups is 1. The Bertz CT molecular complexity index is 1260. The summed E-state index contributed by atoms with van der Waals surface area (Å²) in [4.78, 5) is 12.6. The second kappa shape index (κ2) is 8.16. The first-order valence-corrected chi connectivity index (χ1v) is 10.8. The molecular formula is C22H21ClN4O2S. The topological polar surface area (TPSA) is 68.5 Å². The van der Waals surface area contributed by atoms with Crippen LogP contribution in [0.25, 0.3) is 16.6 Å². The Balaban J connectivity index is 1.62.